The minimum absolute atomic E-state index is 0.00400. The van der Waals surface area contributed by atoms with Gasteiger partial charge in [-0.1, -0.05) is 24.3 Å². The monoisotopic (exact) mass is 234 g/mol. The summed E-state index contributed by atoms with van der Waals surface area (Å²) < 4.78 is 0. The highest BCUT2D eigenvalue weighted by Gasteiger charge is 2.27. The molecule has 0 spiro atoms. The molecule has 0 saturated carbocycles. The van der Waals surface area contributed by atoms with Gasteiger partial charge in [0.2, 0.25) is 5.91 Å². The molecule has 1 amide bonds. The molecule has 0 aliphatic carbocycles. The van der Waals surface area contributed by atoms with Gasteiger partial charge >= 0.3 is 0 Å². The molecule has 1 aromatic carbocycles. The second-order valence-electron chi connectivity index (χ2n) is 4.37. The predicted molar refractivity (Wildman–Crippen MR) is 65.6 cm³/mol. The summed E-state index contributed by atoms with van der Waals surface area (Å²) in [6, 6.07) is 8.03. The summed E-state index contributed by atoms with van der Waals surface area (Å²) in [6.07, 6.45) is 0. The number of aliphatic hydroxyl groups excluding tert-OH is 1. The van der Waals surface area contributed by atoms with Crippen LogP contribution in [0.15, 0.2) is 24.3 Å². The molecule has 92 valence electrons. The quantitative estimate of drug-likeness (QED) is 0.792. The number of nitrogens with zero attached hydrogens (tertiary/aromatic N) is 1. The Balaban J connectivity index is 2.20. The lowest BCUT2D eigenvalue weighted by atomic mass is 9.90. The SMILES string of the molecule is CN(CCO)C(=O)C1CNCc2ccccc21. The van der Waals surface area contributed by atoms with E-state index in [2.05, 4.69) is 5.32 Å². The van der Waals surface area contributed by atoms with Crippen LogP contribution >= 0.6 is 0 Å². The normalized spacial score (nSPS) is 18.6. The third-order valence-electron chi connectivity index (χ3n) is 3.20. The van der Waals surface area contributed by atoms with Crippen LogP contribution in [0.5, 0.6) is 0 Å². The lowest BCUT2D eigenvalue weighted by Gasteiger charge is -2.29. The van der Waals surface area contributed by atoms with Crippen molar-refractivity contribution in [2.75, 3.05) is 26.7 Å². The number of nitrogens with one attached hydrogen (secondary N) is 1. The molecule has 1 atom stereocenters. The summed E-state index contributed by atoms with van der Waals surface area (Å²) in [6.45, 7) is 1.89. The van der Waals surface area contributed by atoms with E-state index in [1.807, 2.05) is 24.3 Å². The fourth-order valence-electron chi connectivity index (χ4n) is 2.24. The summed E-state index contributed by atoms with van der Waals surface area (Å²) in [5.74, 6) is -0.0600. The molecule has 0 saturated heterocycles. The zero-order valence-corrected chi connectivity index (χ0v) is 10.0. The van der Waals surface area contributed by atoms with Crippen LogP contribution in [0.1, 0.15) is 17.0 Å². The Kier molecular flexibility index (Phi) is 3.76. The van der Waals surface area contributed by atoms with Gasteiger partial charge in [-0.25, -0.2) is 0 Å². The fourth-order valence-corrected chi connectivity index (χ4v) is 2.24. The van der Waals surface area contributed by atoms with E-state index in [0.717, 1.165) is 12.1 Å². The molecule has 1 aliphatic heterocycles. The van der Waals surface area contributed by atoms with E-state index in [1.54, 1.807) is 11.9 Å². The average Bonchev–Trinajstić information content (AvgIpc) is 2.37. The minimum atomic E-state index is -0.128. The topological polar surface area (TPSA) is 52.6 Å². The molecule has 17 heavy (non-hydrogen) atoms. The minimum Gasteiger partial charge on any atom is -0.395 e. The van der Waals surface area contributed by atoms with Crippen LogP contribution in [-0.2, 0) is 11.3 Å². The third-order valence-corrected chi connectivity index (χ3v) is 3.20. The number of hydrogen-bond donors (Lipinski definition) is 2. The van der Waals surface area contributed by atoms with Crippen LogP contribution in [0, 0.1) is 0 Å². The number of hydrogen-bond acceptors (Lipinski definition) is 3. The smallest absolute Gasteiger partial charge is 0.231 e. The van der Waals surface area contributed by atoms with Crippen molar-refractivity contribution >= 4 is 5.91 Å². The van der Waals surface area contributed by atoms with E-state index in [9.17, 15) is 4.79 Å². The molecule has 1 heterocycles. The number of fused-ring (bicyclic) bond motifs is 1. The second kappa shape index (κ2) is 5.29. The number of likely N-dealkylation sites (N-methyl/N-ethyl adjacent to an activating group) is 1. The number of carbonyl (C=O) groups is 1. The van der Waals surface area contributed by atoms with Gasteiger partial charge in [-0.2, -0.15) is 0 Å². The highest BCUT2D eigenvalue weighted by molar-refractivity contribution is 5.84. The molecule has 0 aromatic heterocycles. The van der Waals surface area contributed by atoms with Crippen molar-refractivity contribution in [2.45, 2.75) is 12.5 Å². The van der Waals surface area contributed by atoms with Gasteiger partial charge in [0.1, 0.15) is 0 Å². The van der Waals surface area contributed by atoms with Crippen LogP contribution in [-0.4, -0.2) is 42.7 Å². The van der Waals surface area contributed by atoms with Crippen LogP contribution in [0.25, 0.3) is 0 Å². The highest BCUT2D eigenvalue weighted by Crippen LogP contribution is 2.25. The average molecular weight is 234 g/mol. The van der Waals surface area contributed by atoms with Crippen LogP contribution in [0.4, 0.5) is 0 Å². The Labute approximate surface area is 101 Å². The Morgan fingerprint density at radius 2 is 2.29 bits per heavy atom. The van der Waals surface area contributed by atoms with Gasteiger partial charge in [-0.15, -0.1) is 0 Å². The first kappa shape index (κ1) is 12.1. The summed E-state index contributed by atoms with van der Waals surface area (Å²) in [5.41, 5.74) is 2.30. The lowest BCUT2D eigenvalue weighted by Crippen LogP contribution is -2.40. The number of carbonyl (C=O) groups excluding carboxylic acids is 1. The summed E-state index contributed by atoms with van der Waals surface area (Å²) >= 11 is 0. The molecule has 0 radical (unpaired) electrons. The molecule has 4 heteroatoms. The Morgan fingerprint density at radius 1 is 1.53 bits per heavy atom. The van der Waals surface area contributed by atoms with E-state index in [0.29, 0.717) is 13.1 Å². The second-order valence-corrected chi connectivity index (χ2v) is 4.37. The van der Waals surface area contributed by atoms with Gasteiger partial charge < -0.3 is 15.3 Å². The first-order chi connectivity index (χ1) is 8.24. The molecule has 1 unspecified atom stereocenters. The summed E-state index contributed by atoms with van der Waals surface area (Å²) in [4.78, 5) is 13.8. The predicted octanol–water partition coefficient (Wildman–Crippen LogP) is 0.324. The number of amides is 1. The van der Waals surface area contributed by atoms with E-state index in [-0.39, 0.29) is 18.4 Å². The molecule has 1 aliphatic rings. The maximum absolute atomic E-state index is 12.2. The number of rotatable bonds is 3. The maximum Gasteiger partial charge on any atom is 0.231 e. The van der Waals surface area contributed by atoms with Gasteiger partial charge in [-0.05, 0) is 11.1 Å². The number of benzene rings is 1. The van der Waals surface area contributed by atoms with Gasteiger partial charge in [0.15, 0.2) is 0 Å². The molecule has 1 aromatic rings. The van der Waals surface area contributed by atoms with Crippen molar-refractivity contribution in [3.05, 3.63) is 35.4 Å². The van der Waals surface area contributed by atoms with Gasteiger partial charge in [-0.3, -0.25) is 4.79 Å². The van der Waals surface area contributed by atoms with Crippen LogP contribution < -0.4 is 5.32 Å². The van der Waals surface area contributed by atoms with E-state index < -0.39 is 0 Å². The van der Waals surface area contributed by atoms with Crippen LogP contribution in [0.3, 0.4) is 0 Å². The lowest BCUT2D eigenvalue weighted by molar-refractivity contribution is -0.132. The van der Waals surface area contributed by atoms with Crippen molar-refractivity contribution in [3.8, 4) is 0 Å². The molecule has 4 nitrogen and oxygen atoms in total. The van der Waals surface area contributed by atoms with E-state index in [1.165, 1.54) is 5.56 Å². The highest BCUT2D eigenvalue weighted by atomic mass is 16.3. The van der Waals surface area contributed by atoms with Crippen LogP contribution in [0.2, 0.25) is 0 Å². The van der Waals surface area contributed by atoms with Crippen molar-refractivity contribution in [3.63, 3.8) is 0 Å². The van der Waals surface area contributed by atoms with Crippen molar-refractivity contribution in [1.29, 1.82) is 0 Å². The summed E-state index contributed by atoms with van der Waals surface area (Å²) in [5, 5.41) is 12.1. The van der Waals surface area contributed by atoms with Gasteiger partial charge in [0.05, 0.1) is 12.5 Å². The van der Waals surface area contributed by atoms with Crippen molar-refractivity contribution in [1.82, 2.24) is 10.2 Å². The standard InChI is InChI=1S/C13H18N2O2/c1-15(6-7-16)13(17)12-9-14-8-10-4-2-3-5-11(10)12/h2-5,12,14,16H,6-9H2,1H3. The molecular weight excluding hydrogens is 216 g/mol. The number of aliphatic hydroxyl groups is 1. The molecular formula is C13H18N2O2. The zero-order valence-electron chi connectivity index (χ0n) is 10.0. The Morgan fingerprint density at radius 3 is 3.06 bits per heavy atom. The molecule has 0 bridgehead atoms. The van der Waals surface area contributed by atoms with E-state index >= 15 is 0 Å². The Hall–Kier alpha value is -1.39. The first-order valence-corrected chi connectivity index (χ1v) is 5.88. The third kappa shape index (κ3) is 2.48. The molecule has 0 fully saturated rings. The van der Waals surface area contributed by atoms with Gasteiger partial charge in [0.25, 0.3) is 0 Å². The first-order valence-electron chi connectivity index (χ1n) is 5.88. The molecule has 2 rings (SSSR count). The summed E-state index contributed by atoms with van der Waals surface area (Å²) in [7, 11) is 1.73. The van der Waals surface area contributed by atoms with Crippen molar-refractivity contribution in [2.24, 2.45) is 0 Å². The zero-order chi connectivity index (χ0) is 12.3. The maximum atomic E-state index is 12.2. The Bertz CT molecular complexity index is 406. The molecule has 2 N–H and O–H groups in total. The van der Waals surface area contributed by atoms with Gasteiger partial charge in [0, 0.05) is 26.7 Å². The van der Waals surface area contributed by atoms with E-state index in [4.69, 9.17) is 5.11 Å². The fraction of sp³-hybridized carbons (Fsp3) is 0.462. The van der Waals surface area contributed by atoms with Crippen molar-refractivity contribution < 1.29 is 9.90 Å². The largest absolute Gasteiger partial charge is 0.395 e.